The summed E-state index contributed by atoms with van der Waals surface area (Å²) >= 11 is 5.66. The van der Waals surface area contributed by atoms with E-state index in [2.05, 4.69) is 37.1 Å². The second kappa shape index (κ2) is 4.32. The summed E-state index contributed by atoms with van der Waals surface area (Å²) in [5.41, 5.74) is 2.18. The molecule has 0 amide bonds. The summed E-state index contributed by atoms with van der Waals surface area (Å²) in [7, 11) is 0. The Morgan fingerprint density at radius 2 is 2.06 bits per heavy atom. The molecule has 0 aromatic heterocycles. The Morgan fingerprint density at radius 1 is 1.38 bits per heavy atom. The van der Waals surface area contributed by atoms with Crippen LogP contribution in [0.1, 0.15) is 33.6 Å². The second-order valence-corrected chi connectivity index (χ2v) is 6.36. The zero-order valence-corrected chi connectivity index (χ0v) is 11.3. The van der Waals surface area contributed by atoms with Gasteiger partial charge < -0.3 is 5.32 Å². The van der Waals surface area contributed by atoms with Gasteiger partial charge >= 0.3 is 0 Å². The molecular weight excluding hydrogens is 220 g/mol. The highest BCUT2D eigenvalue weighted by molar-refractivity contribution is 6.25. The van der Waals surface area contributed by atoms with E-state index in [0.29, 0.717) is 5.54 Å². The fraction of sp³-hybridized carbons (Fsp3) is 0.846. The monoisotopic (exact) mass is 242 g/mol. The number of nitrogens with one attached hydrogen (secondary N) is 1. The molecule has 3 heteroatoms. The van der Waals surface area contributed by atoms with Crippen molar-refractivity contribution in [3.05, 3.63) is 11.6 Å². The number of hydrogen-bond donors (Lipinski definition) is 1. The van der Waals surface area contributed by atoms with Crippen molar-refractivity contribution >= 4 is 11.6 Å². The van der Waals surface area contributed by atoms with Crippen molar-refractivity contribution in [2.45, 2.75) is 44.7 Å². The van der Waals surface area contributed by atoms with Crippen LogP contribution in [0.2, 0.25) is 0 Å². The minimum absolute atomic E-state index is 0.217. The molecule has 2 aliphatic rings. The first-order chi connectivity index (χ1) is 7.48. The van der Waals surface area contributed by atoms with Gasteiger partial charge in [0.15, 0.2) is 0 Å². The summed E-state index contributed by atoms with van der Waals surface area (Å²) < 4.78 is 0. The number of piperazine rings is 1. The third kappa shape index (κ3) is 2.44. The first-order valence-electron chi connectivity index (χ1n) is 6.23. The smallest absolute Gasteiger partial charge is 0.0338 e. The Morgan fingerprint density at radius 3 is 2.62 bits per heavy atom. The van der Waals surface area contributed by atoms with Gasteiger partial charge in [-0.15, -0.1) is 0 Å². The largest absolute Gasteiger partial charge is 0.309 e. The third-order valence-electron chi connectivity index (χ3n) is 4.11. The molecule has 1 heterocycles. The number of hydrogen-bond acceptors (Lipinski definition) is 2. The predicted molar refractivity (Wildman–Crippen MR) is 69.8 cm³/mol. The van der Waals surface area contributed by atoms with Gasteiger partial charge in [-0.05, 0) is 39.5 Å². The van der Waals surface area contributed by atoms with E-state index in [1.165, 1.54) is 12.8 Å². The maximum atomic E-state index is 5.66. The first-order valence-corrected chi connectivity index (χ1v) is 6.67. The number of nitrogens with zero attached hydrogens (tertiary/aromatic N) is 1. The summed E-state index contributed by atoms with van der Waals surface area (Å²) in [6.45, 7) is 10.1. The summed E-state index contributed by atoms with van der Waals surface area (Å²) in [5, 5.41) is 3.68. The van der Waals surface area contributed by atoms with Crippen LogP contribution in [0.15, 0.2) is 11.6 Å². The molecule has 1 atom stereocenters. The lowest BCUT2D eigenvalue weighted by Gasteiger charge is -2.51. The average molecular weight is 243 g/mol. The number of rotatable bonds is 3. The van der Waals surface area contributed by atoms with Crippen LogP contribution in [0.3, 0.4) is 0 Å². The quantitative estimate of drug-likeness (QED) is 0.819. The van der Waals surface area contributed by atoms with Gasteiger partial charge in [0.2, 0.25) is 0 Å². The normalized spacial score (nSPS) is 35.8. The van der Waals surface area contributed by atoms with Crippen LogP contribution in [-0.2, 0) is 0 Å². The topological polar surface area (TPSA) is 15.3 Å². The van der Waals surface area contributed by atoms with E-state index in [9.17, 15) is 0 Å². The molecule has 0 radical (unpaired) electrons. The van der Waals surface area contributed by atoms with Crippen LogP contribution < -0.4 is 5.32 Å². The lowest BCUT2D eigenvalue weighted by Crippen LogP contribution is -2.68. The van der Waals surface area contributed by atoms with Crippen molar-refractivity contribution in [1.29, 1.82) is 0 Å². The molecule has 16 heavy (non-hydrogen) atoms. The van der Waals surface area contributed by atoms with Gasteiger partial charge in [-0.2, -0.15) is 0 Å². The molecular formula is C13H23ClN2. The molecule has 0 aromatic rings. The van der Waals surface area contributed by atoms with Gasteiger partial charge in [0.1, 0.15) is 0 Å². The Bertz CT molecular complexity index is 284. The van der Waals surface area contributed by atoms with Crippen molar-refractivity contribution < 1.29 is 0 Å². The van der Waals surface area contributed by atoms with Gasteiger partial charge in [-0.25, -0.2) is 0 Å². The van der Waals surface area contributed by atoms with Crippen LogP contribution in [0, 0.1) is 5.92 Å². The van der Waals surface area contributed by atoms with E-state index >= 15 is 0 Å². The van der Waals surface area contributed by atoms with E-state index in [4.69, 9.17) is 11.6 Å². The van der Waals surface area contributed by atoms with Gasteiger partial charge in [0.25, 0.3) is 0 Å². The van der Waals surface area contributed by atoms with Crippen molar-refractivity contribution in [1.82, 2.24) is 10.2 Å². The third-order valence-corrected chi connectivity index (χ3v) is 4.28. The number of halogens is 1. The van der Waals surface area contributed by atoms with Crippen molar-refractivity contribution in [3.8, 4) is 0 Å². The fourth-order valence-electron chi connectivity index (χ4n) is 2.79. The van der Waals surface area contributed by atoms with Crippen LogP contribution in [0.4, 0.5) is 0 Å². The molecule has 0 spiro atoms. The molecule has 1 unspecified atom stereocenters. The molecule has 2 nitrogen and oxygen atoms in total. The molecule has 1 aliphatic heterocycles. The van der Waals surface area contributed by atoms with Crippen molar-refractivity contribution in [2.75, 3.05) is 19.6 Å². The van der Waals surface area contributed by atoms with Crippen molar-refractivity contribution in [2.24, 2.45) is 5.92 Å². The predicted octanol–water partition coefficient (Wildman–Crippen LogP) is 2.59. The molecule has 2 fully saturated rings. The Balaban J connectivity index is 2.10. The molecule has 92 valence electrons. The minimum Gasteiger partial charge on any atom is -0.309 e. The molecule has 2 rings (SSSR count). The standard InChI is InChI=1S/C13H23ClN2/c1-12(2)10-16(8-4-7-14)13(3,9-15-12)11-5-6-11/h4,7,11,15H,5-6,8-10H2,1-3H3/b7-4+. The summed E-state index contributed by atoms with van der Waals surface area (Å²) in [4.78, 5) is 2.60. The van der Waals surface area contributed by atoms with E-state index < -0.39 is 0 Å². The Kier molecular flexibility index (Phi) is 3.35. The van der Waals surface area contributed by atoms with Crippen LogP contribution in [0.5, 0.6) is 0 Å². The van der Waals surface area contributed by atoms with E-state index in [0.717, 1.165) is 25.6 Å². The molecule has 0 aromatic carbocycles. The zero-order chi connectivity index (χ0) is 11.8. The van der Waals surface area contributed by atoms with Gasteiger partial charge in [-0.3, -0.25) is 4.90 Å². The zero-order valence-electron chi connectivity index (χ0n) is 10.6. The molecule has 0 bridgehead atoms. The average Bonchev–Trinajstić information content (AvgIpc) is 3.03. The van der Waals surface area contributed by atoms with Crippen LogP contribution in [0.25, 0.3) is 0 Å². The second-order valence-electron chi connectivity index (χ2n) is 6.11. The van der Waals surface area contributed by atoms with Gasteiger partial charge in [0.05, 0.1) is 0 Å². The molecule has 1 saturated heterocycles. The molecule has 1 N–H and O–H groups in total. The summed E-state index contributed by atoms with van der Waals surface area (Å²) in [6, 6.07) is 0. The van der Waals surface area contributed by atoms with Gasteiger partial charge in [0, 0.05) is 36.2 Å². The molecule has 1 saturated carbocycles. The van der Waals surface area contributed by atoms with E-state index in [-0.39, 0.29) is 5.54 Å². The highest BCUT2D eigenvalue weighted by atomic mass is 35.5. The van der Waals surface area contributed by atoms with Gasteiger partial charge in [-0.1, -0.05) is 17.7 Å². The highest BCUT2D eigenvalue weighted by Gasteiger charge is 2.49. The van der Waals surface area contributed by atoms with Crippen LogP contribution >= 0.6 is 11.6 Å². The lowest BCUT2D eigenvalue weighted by atomic mass is 9.86. The first kappa shape index (κ1) is 12.4. The minimum atomic E-state index is 0.217. The van der Waals surface area contributed by atoms with Crippen LogP contribution in [-0.4, -0.2) is 35.6 Å². The SMILES string of the molecule is CC1(C)CN(C/C=C/Cl)C(C)(C2CC2)CN1. The van der Waals surface area contributed by atoms with Crippen molar-refractivity contribution in [3.63, 3.8) is 0 Å². The fourth-order valence-corrected chi connectivity index (χ4v) is 2.87. The molecule has 1 aliphatic carbocycles. The van der Waals surface area contributed by atoms with E-state index in [1.54, 1.807) is 5.54 Å². The summed E-state index contributed by atoms with van der Waals surface area (Å²) in [5.74, 6) is 0.875. The van der Waals surface area contributed by atoms with E-state index in [1.807, 2.05) is 0 Å². The lowest BCUT2D eigenvalue weighted by molar-refractivity contribution is 0.0217. The highest BCUT2D eigenvalue weighted by Crippen LogP contribution is 2.44. The maximum Gasteiger partial charge on any atom is 0.0338 e. The summed E-state index contributed by atoms with van der Waals surface area (Å²) in [6.07, 6.45) is 4.84. The maximum absolute atomic E-state index is 5.66. The Hall–Kier alpha value is -0.0500. The Labute approximate surface area is 104 Å².